The standard InChI is InChI=1S/C10H17N3/c1-4-13(3)10-6-5-8(11)7-9(10)12-2/h5-7,12H,4,11H2,1-3H3. The number of nitrogen functional groups attached to an aromatic ring is 1. The van der Waals surface area contributed by atoms with Crippen LogP contribution in [0.2, 0.25) is 0 Å². The van der Waals surface area contributed by atoms with Crippen molar-refractivity contribution in [1.82, 2.24) is 0 Å². The predicted molar refractivity (Wildman–Crippen MR) is 59.3 cm³/mol. The summed E-state index contributed by atoms with van der Waals surface area (Å²) in [6.45, 7) is 3.11. The Kier molecular flexibility index (Phi) is 3.01. The minimum absolute atomic E-state index is 0.789. The average molecular weight is 179 g/mol. The van der Waals surface area contributed by atoms with Crippen LogP contribution in [0.25, 0.3) is 0 Å². The molecule has 3 N–H and O–H groups in total. The predicted octanol–water partition coefficient (Wildman–Crippen LogP) is 1.77. The summed E-state index contributed by atoms with van der Waals surface area (Å²) in [5, 5.41) is 3.13. The van der Waals surface area contributed by atoms with Crippen LogP contribution in [0.4, 0.5) is 17.1 Å². The van der Waals surface area contributed by atoms with E-state index in [-0.39, 0.29) is 0 Å². The molecule has 0 aromatic heterocycles. The number of nitrogens with zero attached hydrogens (tertiary/aromatic N) is 1. The molecule has 13 heavy (non-hydrogen) atoms. The second-order valence-electron chi connectivity index (χ2n) is 3.04. The number of hydrogen-bond donors (Lipinski definition) is 2. The van der Waals surface area contributed by atoms with Crippen LogP contribution in [0.3, 0.4) is 0 Å². The lowest BCUT2D eigenvalue weighted by atomic mass is 10.2. The number of benzene rings is 1. The number of nitrogens with one attached hydrogen (secondary N) is 1. The summed E-state index contributed by atoms with van der Waals surface area (Å²) >= 11 is 0. The largest absolute Gasteiger partial charge is 0.399 e. The fraction of sp³-hybridized carbons (Fsp3) is 0.400. The van der Waals surface area contributed by atoms with Gasteiger partial charge in [0.2, 0.25) is 0 Å². The first kappa shape index (κ1) is 9.71. The van der Waals surface area contributed by atoms with Crippen molar-refractivity contribution in [2.75, 3.05) is 36.6 Å². The maximum absolute atomic E-state index is 5.69. The van der Waals surface area contributed by atoms with Gasteiger partial charge in [0, 0.05) is 26.3 Å². The Morgan fingerprint density at radius 3 is 2.69 bits per heavy atom. The molecule has 3 heteroatoms. The molecular weight excluding hydrogens is 162 g/mol. The van der Waals surface area contributed by atoms with E-state index in [2.05, 4.69) is 24.2 Å². The summed E-state index contributed by atoms with van der Waals surface area (Å²) in [6, 6.07) is 5.90. The molecule has 0 heterocycles. The summed E-state index contributed by atoms with van der Waals surface area (Å²) in [7, 11) is 3.97. The Bertz CT molecular complexity index is 283. The zero-order chi connectivity index (χ0) is 9.84. The molecule has 72 valence electrons. The molecule has 0 aliphatic rings. The zero-order valence-electron chi connectivity index (χ0n) is 8.46. The summed E-state index contributed by atoms with van der Waals surface area (Å²) in [5.41, 5.74) is 8.73. The molecule has 1 aromatic carbocycles. The Hall–Kier alpha value is -1.38. The summed E-state index contributed by atoms with van der Waals surface area (Å²) < 4.78 is 0. The van der Waals surface area contributed by atoms with Crippen molar-refractivity contribution in [3.63, 3.8) is 0 Å². The van der Waals surface area contributed by atoms with Crippen molar-refractivity contribution in [2.24, 2.45) is 0 Å². The molecule has 0 saturated carbocycles. The van der Waals surface area contributed by atoms with Gasteiger partial charge in [-0.25, -0.2) is 0 Å². The SMILES string of the molecule is CCN(C)c1ccc(N)cc1NC. The van der Waals surface area contributed by atoms with Crippen LogP contribution in [-0.2, 0) is 0 Å². The van der Waals surface area contributed by atoms with Crippen molar-refractivity contribution < 1.29 is 0 Å². The number of anilines is 3. The lowest BCUT2D eigenvalue weighted by molar-refractivity contribution is 0.969. The van der Waals surface area contributed by atoms with Crippen LogP contribution in [-0.4, -0.2) is 20.6 Å². The van der Waals surface area contributed by atoms with Crippen LogP contribution >= 0.6 is 0 Å². The molecule has 0 amide bonds. The van der Waals surface area contributed by atoms with Gasteiger partial charge in [-0.1, -0.05) is 0 Å². The van der Waals surface area contributed by atoms with E-state index in [0.29, 0.717) is 0 Å². The van der Waals surface area contributed by atoms with Gasteiger partial charge in [-0.05, 0) is 25.1 Å². The highest BCUT2D eigenvalue weighted by Gasteiger charge is 2.04. The molecule has 0 bridgehead atoms. The van der Waals surface area contributed by atoms with E-state index in [1.807, 2.05) is 25.2 Å². The Morgan fingerprint density at radius 2 is 2.15 bits per heavy atom. The van der Waals surface area contributed by atoms with Crippen LogP contribution < -0.4 is 16.0 Å². The van der Waals surface area contributed by atoms with Gasteiger partial charge in [0.05, 0.1) is 11.4 Å². The minimum Gasteiger partial charge on any atom is -0.399 e. The molecule has 0 spiro atoms. The van der Waals surface area contributed by atoms with E-state index in [4.69, 9.17) is 5.73 Å². The number of nitrogens with two attached hydrogens (primary N) is 1. The quantitative estimate of drug-likeness (QED) is 0.695. The summed E-state index contributed by atoms with van der Waals surface area (Å²) in [5.74, 6) is 0. The van der Waals surface area contributed by atoms with Crippen LogP contribution in [0.1, 0.15) is 6.92 Å². The van der Waals surface area contributed by atoms with Gasteiger partial charge in [0.15, 0.2) is 0 Å². The van der Waals surface area contributed by atoms with Gasteiger partial charge >= 0.3 is 0 Å². The highest BCUT2D eigenvalue weighted by molar-refractivity contribution is 5.73. The van der Waals surface area contributed by atoms with Crippen molar-refractivity contribution in [3.8, 4) is 0 Å². The van der Waals surface area contributed by atoms with Crippen molar-refractivity contribution in [3.05, 3.63) is 18.2 Å². The highest BCUT2D eigenvalue weighted by Crippen LogP contribution is 2.26. The second-order valence-corrected chi connectivity index (χ2v) is 3.04. The van der Waals surface area contributed by atoms with Crippen LogP contribution in [0.5, 0.6) is 0 Å². The van der Waals surface area contributed by atoms with Crippen molar-refractivity contribution >= 4 is 17.1 Å². The van der Waals surface area contributed by atoms with Gasteiger partial charge in [-0.3, -0.25) is 0 Å². The molecule has 0 saturated heterocycles. The third-order valence-electron chi connectivity index (χ3n) is 2.18. The lowest BCUT2D eigenvalue weighted by Crippen LogP contribution is -2.17. The molecule has 1 rings (SSSR count). The van der Waals surface area contributed by atoms with E-state index >= 15 is 0 Å². The van der Waals surface area contributed by atoms with Crippen LogP contribution in [0, 0.1) is 0 Å². The maximum atomic E-state index is 5.69. The Labute approximate surface area is 79.5 Å². The molecule has 0 unspecified atom stereocenters. The third-order valence-corrected chi connectivity index (χ3v) is 2.18. The fourth-order valence-corrected chi connectivity index (χ4v) is 1.26. The normalized spacial score (nSPS) is 9.77. The Morgan fingerprint density at radius 1 is 1.46 bits per heavy atom. The second kappa shape index (κ2) is 4.03. The van der Waals surface area contributed by atoms with Gasteiger partial charge in [-0.15, -0.1) is 0 Å². The van der Waals surface area contributed by atoms with Gasteiger partial charge in [0.25, 0.3) is 0 Å². The molecular formula is C10H17N3. The van der Waals surface area contributed by atoms with Crippen molar-refractivity contribution in [2.45, 2.75) is 6.92 Å². The van der Waals surface area contributed by atoms with Gasteiger partial charge in [-0.2, -0.15) is 0 Å². The smallest absolute Gasteiger partial charge is 0.0600 e. The minimum atomic E-state index is 0.789. The molecule has 0 atom stereocenters. The summed E-state index contributed by atoms with van der Waals surface area (Å²) in [6.07, 6.45) is 0. The van der Waals surface area contributed by atoms with Gasteiger partial charge in [0.1, 0.15) is 0 Å². The molecule has 3 nitrogen and oxygen atoms in total. The van der Waals surface area contributed by atoms with Gasteiger partial charge < -0.3 is 16.0 Å². The number of rotatable bonds is 3. The molecule has 0 aliphatic carbocycles. The average Bonchev–Trinajstić information content (AvgIpc) is 2.16. The third kappa shape index (κ3) is 2.05. The van der Waals surface area contributed by atoms with E-state index in [0.717, 1.165) is 17.9 Å². The fourth-order valence-electron chi connectivity index (χ4n) is 1.26. The first-order chi connectivity index (χ1) is 6.19. The van der Waals surface area contributed by atoms with E-state index in [9.17, 15) is 0 Å². The monoisotopic (exact) mass is 179 g/mol. The first-order valence-electron chi connectivity index (χ1n) is 4.47. The van der Waals surface area contributed by atoms with Crippen LogP contribution in [0.15, 0.2) is 18.2 Å². The van der Waals surface area contributed by atoms with E-state index in [1.165, 1.54) is 5.69 Å². The lowest BCUT2D eigenvalue weighted by Gasteiger charge is -2.20. The highest BCUT2D eigenvalue weighted by atomic mass is 15.1. The molecule has 0 fully saturated rings. The Balaban J connectivity index is 3.05. The molecule has 0 radical (unpaired) electrons. The first-order valence-corrected chi connectivity index (χ1v) is 4.47. The zero-order valence-corrected chi connectivity index (χ0v) is 8.46. The molecule has 0 aliphatic heterocycles. The number of hydrogen-bond acceptors (Lipinski definition) is 3. The van der Waals surface area contributed by atoms with E-state index in [1.54, 1.807) is 0 Å². The topological polar surface area (TPSA) is 41.3 Å². The maximum Gasteiger partial charge on any atom is 0.0600 e. The van der Waals surface area contributed by atoms with Crippen molar-refractivity contribution in [1.29, 1.82) is 0 Å². The summed E-state index contributed by atoms with van der Waals surface area (Å²) in [4.78, 5) is 2.17. The van der Waals surface area contributed by atoms with E-state index < -0.39 is 0 Å². The molecule has 1 aromatic rings.